The number of hydrogen-bond acceptors (Lipinski definition) is 1. The molecule has 0 aliphatic carbocycles. The Kier molecular flexibility index (Phi) is 6.45. The molecule has 1 saturated heterocycles. The lowest BCUT2D eigenvalue weighted by Crippen LogP contribution is -2.23. The summed E-state index contributed by atoms with van der Waals surface area (Å²) in [6, 6.07) is 0. The Labute approximate surface area is 119 Å². The third kappa shape index (κ3) is 5.71. The number of hydrogen-bond donors (Lipinski definition) is 0. The minimum atomic E-state index is -0.759. The van der Waals surface area contributed by atoms with Gasteiger partial charge in [0.15, 0.2) is 0 Å². The molecule has 3 atom stereocenters. The largest absolute Gasteiger partial charge is 0.354 e. The second-order valence-electron chi connectivity index (χ2n) is 4.57. The van der Waals surface area contributed by atoms with E-state index < -0.39 is 4.33 Å². The van der Waals surface area contributed by atoms with Gasteiger partial charge in [-0.1, -0.05) is 38.5 Å². The number of terminal acetylenes is 1. The molecule has 17 heavy (non-hydrogen) atoms. The lowest BCUT2D eigenvalue weighted by Gasteiger charge is -2.21. The molecule has 0 N–H and O–H groups in total. The molecule has 0 aromatic heterocycles. The maximum atomic E-state index is 6.25. The molecule has 0 radical (unpaired) electrons. The quantitative estimate of drug-likeness (QED) is 0.277. The van der Waals surface area contributed by atoms with Crippen LogP contribution >= 0.6 is 34.8 Å². The van der Waals surface area contributed by atoms with Gasteiger partial charge in [-0.15, -0.1) is 41.2 Å². The molecule has 0 amide bonds. The van der Waals surface area contributed by atoms with Crippen LogP contribution in [0.5, 0.6) is 0 Å². The Hall–Kier alpha value is 0.390. The molecule has 0 aromatic carbocycles. The van der Waals surface area contributed by atoms with Crippen molar-refractivity contribution >= 4 is 34.8 Å². The zero-order valence-electron chi connectivity index (χ0n) is 10.1. The van der Waals surface area contributed by atoms with Gasteiger partial charge < -0.3 is 4.74 Å². The Balaban J connectivity index is 2.21. The van der Waals surface area contributed by atoms with Crippen molar-refractivity contribution in [2.24, 2.45) is 0 Å². The topological polar surface area (TPSA) is 12.5 Å². The minimum absolute atomic E-state index is 0.0748. The summed E-state index contributed by atoms with van der Waals surface area (Å²) in [5.41, 5.74) is 0. The highest BCUT2D eigenvalue weighted by Crippen LogP contribution is 2.39. The lowest BCUT2D eigenvalue weighted by atomic mass is 10.1. The minimum Gasteiger partial charge on any atom is -0.354 e. The van der Waals surface area contributed by atoms with Gasteiger partial charge in [0.05, 0.1) is 5.38 Å². The van der Waals surface area contributed by atoms with Crippen molar-refractivity contribution in [3.05, 3.63) is 0 Å². The van der Waals surface area contributed by atoms with E-state index in [1.807, 2.05) is 0 Å². The normalized spacial score (nSPS) is 25.4. The summed E-state index contributed by atoms with van der Waals surface area (Å²) >= 11 is 18.7. The first-order valence-corrected chi connectivity index (χ1v) is 7.33. The SMILES string of the molecule is C#C[C@H]1O[C@@H]1[C@H](Cl)CC(Cl)(Cl)CCCCCC. The van der Waals surface area contributed by atoms with Crippen molar-refractivity contribution in [2.75, 3.05) is 0 Å². The average molecular weight is 298 g/mol. The average Bonchev–Trinajstić information content (AvgIpc) is 3.03. The molecule has 1 nitrogen and oxygen atoms in total. The second kappa shape index (κ2) is 7.10. The van der Waals surface area contributed by atoms with E-state index >= 15 is 0 Å². The zero-order valence-corrected chi connectivity index (χ0v) is 12.4. The van der Waals surface area contributed by atoms with Crippen molar-refractivity contribution in [3.8, 4) is 12.3 Å². The molecule has 0 unspecified atom stereocenters. The summed E-state index contributed by atoms with van der Waals surface area (Å²) in [5.74, 6) is 2.52. The summed E-state index contributed by atoms with van der Waals surface area (Å²) in [7, 11) is 0. The molecule has 1 rings (SSSR count). The number of halogens is 3. The lowest BCUT2D eigenvalue weighted by molar-refractivity contribution is 0.375. The molecular weight excluding hydrogens is 279 g/mol. The molecular formula is C13H19Cl3O. The predicted octanol–water partition coefficient (Wildman–Crippen LogP) is 4.53. The van der Waals surface area contributed by atoms with Crippen molar-refractivity contribution in [2.45, 2.75) is 67.4 Å². The van der Waals surface area contributed by atoms with Crippen LogP contribution in [0.4, 0.5) is 0 Å². The van der Waals surface area contributed by atoms with Gasteiger partial charge in [-0.3, -0.25) is 0 Å². The maximum absolute atomic E-state index is 6.25. The molecule has 0 spiro atoms. The number of unbranched alkanes of at least 4 members (excludes halogenated alkanes) is 3. The third-order valence-electron chi connectivity index (χ3n) is 2.94. The van der Waals surface area contributed by atoms with E-state index in [0.717, 1.165) is 19.3 Å². The van der Waals surface area contributed by atoms with E-state index in [1.165, 1.54) is 12.8 Å². The molecule has 1 aliphatic heterocycles. The van der Waals surface area contributed by atoms with Gasteiger partial charge in [0.1, 0.15) is 16.5 Å². The first-order chi connectivity index (χ1) is 8.00. The molecule has 0 bridgehead atoms. The molecule has 0 saturated carbocycles. The van der Waals surface area contributed by atoms with Crippen LogP contribution in [-0.4, -0.2) is 21.9 Å². The van der Waals surface area contributed by atoms with Crippen LogP contribution in [0.3, 0.4) is 0 Å². The van der Waals surface area contributed by atoms with E-state index in [9.17, 15) is 0 Å². The highest BCUT2D eigenvalue weighted by atomic mass is 35.5. The zero-order chi connectivity index (χ0) is 12.9. The second-order valence-corrected chi connectivity index (χ2v) is 6.78. The van der Waals surface area contributed by atoms with E-state index in [-0.39, 0.29) is 17.6 Å². The monoisotopic (exact) mass is 296 g/mol. The van der Waals surface area contributed by atoms with E-state index in [4.69, 9.17) is 46.0 Å². The summed E-state index contributed by atoms with van der Waals surface area (Å²) in [6.45, 7) is 2.17. The van der Waals surface area contributed by atoms with Crippen molar-refractivity contribution < 1.29 is 4.74 Å². The van der Waals surface area contributed by atoms with Crippen LogP contribution in [0.15, 0.2) is 0 Å². The third-order valence-corrected chi connectivity index (χ3v) is 4.03. The summed E-state index contributed by atoms with van der Waals surface area (Å²) in [5, 5.41) is -0.197. The molecule has 1 aliphatic rings. The predicted molar refractivity (Wildman–Crippen MR) is 74.9 cm³/mol. The smallest absolute Gasteiger partial charge is 0.146 e. The van der Waals surface area contributed by atoms with Crippen LogP contribution in [0.2, 0.25) is 0 Å². The van der Waals surface area contributed by atoms with E-state index in [1.54, 1.807) is 0 Å². The number of alkyl halides is 3. The van der Waals surface area contributed by atoms with Gasteiger partial charge in [0.25, 0.3) is 0 Å². The van der Waals surface area contributed by atoms with Crippen LogP contribution in [-0.2, 0) is 4.74 Å². The van der Waals surface area contributed by atoms with Crippen LogP contribution < -0.4 is 0 Å². The number of epoxide rings is 1. The highest BCUT2D eigenvalue weighted by molar-refractivity contribution is 6.48. The standard InChI is InChI=1S/C13H19Cl3O/c1-3-5-6-7-8-13(15,16)9-10(14)12-11(4-2)17-12/h2,10-12H,3,5-9H2,1H3/t10-,11-,12-/m1/s1. The molecule has 0 aromatic rings. The Morgan fingerprint density at radius 2 is 2.06 bits per heavy atom. The first kappa shape index (κ1) is 15.4. The fourth-order valence-corrected chi connectivity index (χ4v) is 3.06. The van der Waals surface area contributed by atoms with Crippen molar-refractivity contribution in [1.82, 2.24) is 0 Å². The van der Waals surface area contributed by atoms with E-state index in [2.05, 4.69) is 12.8 Å². The van der Waals surface area contributed by atoms with Crippen molar-refractivity contribution in [1.29, 1.82) is 0 Å². The number of ether oxygens (including phenoxy) is 1. The van der Waals surface area contributed by atoms with Crippen molar-refractivity contribution in [3.63, 3.8) is 0 Å². The van der Waals surface area contributed by atoms with Gasteiger partial charge in [0, 0.05) is 0 Å². The molecule has 4 heteroatoms. The van der Waals surface area contributed by atoms with Gasteiger partial charge in [-0.05, 0) is 12.8 Å². The Morgan fingerprint density at radius 3 is 2.59 bits per heavy atom. The summed E-state index contributed by atoms with van der Waals surface area (Å²) in [6.07, 6.45) is 10.9. The Morgan fingerprint density at radius 1 is 1.35 bits per heavy atom. The van der Waals surface area contributed by atoms with Crippen LogP contribution in [0.25, 0.3) is 0 Å². The Bertz CT molecular complexity index is 272. The van der Waals surface area contributed by atoms with E-state index in [0.29, 0.717) is 6.42 Å². The molecule has 98 valence electrons. The van der Waals surface area contributed by atoms with Crippen LogP contribution in [0, 0.1) is 12.3 Å². The molecule has 1 fully saturated rings. The summed E-state index contributed by atoms with van der Waals surface area (Å²) in [4.78, 5) is 0. The maximum Gasteiger partial charge on any atom is 0.146 e. The van der Waals surface area contributed by atoms with Crippen LogP contribution in [0.1, 0.15) is 45.4 Å². The fourth-order valence-electron chi connectivity index (χ4n) is 1.85. The van der Waals surface area contributed by atoms with Gasteiger partial charge >= 0.3 is 0 Å². The number of rotatable bonds is 8. The van der Waals surface area contributed by atoms with Gasteiger partial charge in [0.2, 0.25) is 0 Å². The first-order valence-electron chi connectivity index (χ1n) is 6.13. The fraction of sp³-hybridized carbons (Fsp3) is 0.846. The molecule has 1 heterocycles. The van der Waals surface area contributed by atoms with Gasteiger partial charge in [-0.25, -0.2) is 0 Å². The highest BCUT2D eigenvalue weighted by Gasteiger charge is 2.45. The van der Waals surface area contributed by atoms with Gasteiger partial charge in [-0.2, -0.15) is 0 Å². The summed E-state index contributed by atoms with van der Waals surface area (Å²) < 4.78 is 4.47.